The van der Waals surface area contributed by atoms with Crippen molar-refractivity contribution in [2.24, 2.45) is 0 Å². The summed E-state index contributed by atoms with van der Waals surface area (Å²) in [6, 6.07) is 15.5. The normalized spacial score (nSPS) is 12.4. The molecular weight excluding hydrogens is 286 g/mol. The highest BCUT2D eigenvalue weighted by Crippen LogP contribution is 2.33. The van der Waals surface area contributed by atoms with E-state index >= 15 is 0 Å². The molecule has 23 heavy (non-hydrogen) atoms. The average Bonchev–Trinajstić information content (AvgIpc) is 2.60. The van der Waals surface area contributed by atoms with Crippen molar-refractivity contribution in [2.75, 3.05) is 0 Å². The minimum absolute atomic E-state index is 0.294. The second-order valence-electron chi connectivity index (χ2n) is 6.24. The van der Waals surface area contributed by atoms with Crippen LogP contribution in [0.15, 0.2) is 42.5 Å². The molecule has 0 radical (unpaired) electrons. The molecule has 1 aliphatic rings. The molecule has 2 aromatic rings. The maximum absolute atomic E-state index is 10.9. The number of hydroxylamine groups is 1. The minimum Gasteiger partial charge on any atom is -0.289 e. The quantitative estimate of drug-likeness (QED) is 0.480. The summed E-state index contributed by atoms with van der Waals surface area (Å²) < 4.78 is 0. The van der Waals surface area contributed by atoms with E-state index in [1.165, 1.54) is 27.8 Å². The summed E-state index contributed by atoms with van der Waals surface area (Å²) in [5.74, 6) is -0.294. The molecule has 0 fully saturated rings. The lowest BCUT2D eigenvalue weighted by Crippen LogP contribution is -2.17. The smallest absolute Gasteiger partial charge is 0.243 e. The zero-order valence-corrected chi connectivity index (χ0v) is 13.3. The number of carbonyl (C=O) groups excluding carboxylic acids is 1. The zero-order chi connectivity index (χ0) is 16.1. The van der Waals surface area contributed by atoms with E-state index in [2.05, 4.69) is 42.5 Å². The van der Waals surface area contributed by atoms with Crippen LogP contribution in [0.1, 0.15) is 42.4 Å². The van der Waals surface area contributed by atoms with Crippen LogP contribution in [0.3, 0.4) is 0 Å². The van der Waals surface area contributed by atoms with E-state index in [1.807, 2.05) is 0 Å². The largest absolute Gasteiger partial charge is 0.289 e. The molecular formula is C20H23NO2. The van der Waals surface area contributed by atoms with Crippen LogP contribution in [0.25, 0.3) is 11.1 Å². The Labute approximate surface area is 137 Å². The first-order chi connectivity index (χ1) is 11.3. The average molecular weight is 309 g/mol. The molecule has 120 valence electrons. The Bertz CT molecular complexity index is 694. The van der Waals surface area contributed by atoms with E-state index in [-0.39, 0.29) is 5.91 Å². The monoisotopic (exact) mass is 309 g/mol. The molecule has 1 amide bonds. The molecule has 0 bridgehead atoms. The van der Waals surface area contributed by atoms with Gasteiger partial charge in [-0.1, -0.05) is 48.9 Å². The molecule has 0 aromatic heterocycles. The van der Waals surface area contributed by atoms with Crippen LogP contribution in [0.2, 0.25) is 0 Å². The third kappa shape index (κ3) is 3.80. The van der Waals surface area contributed by atoms with E-state index in [9.17, 15) is 4.79 Å². The minimum atomic E-state index is -0.294. The van der Waals surface area contributed by atoms with Crippen molar-refractivity contribution in [3.05, 3.63) is 59.2 Å². The Balaban J connectivity index is 1.59. The van der Waals surface area contributed by atoms with Gasteiger partial charge in [-0.05, 0) is 59.9 Å². The van der Waals surface area contributed by atoms with Crippen LogP contribution in [0.4, 0.5) is 0 Å². The van der Waals surface area contributed by atoms with Crippen LogP contribution >= 0.6 is 0 Å². The SMILES string of the molecule is O=C(CCCCCc1ccc2c(c1)CCc1ccccc1-2)NO. The number of aryl methyl sites for hydroxylation is 3. The van der Waals surface area contributed by atoms with Crippen molar-refractivity contribution in [1.82, 2.24) is 5.48 Å². The Morgan fingerprint density at radius 2 is 1.74 bits per heavy atom. The fourth-order valence-corrected chi connectivity index (χ4v) is 3.39. The lowest BCUT2D eigenvalue weighted by molar-refractivity contribution is -0.129. The predicted octanol–water partition coefficient (Wildman–Crippen LogP) is 4.06. The Hall–Kier alpha value is -2.13. The number of unbranched alkanes of at least 4 members (excludes halogenated alkanes) is 2. The van der Waals surface area contributed by atoms with Crippen LogP contribution in [0, 0.1) is 0 Å². The van der Waals surface area contributed by atoms with E-state index in [1.54, 1.807) is 5.48 Å². The number of hydrogen-bond donors (Lipinski definition) is 2. The second kappa shape index (κ2) is 7.42. The fraction of sp³-hybridized carbons (Fsp3) is 0.350. The van der Waals surface area contributed by atoms with E-state index < -0.39 is 0 Å². The summed E-state index contributed by atoms with van der Waals surface area (Å²) in [5.41, 5.74) is 8.74. The third-order valence-electron chi connectivity index (χ3n) is 4.63. The summed E-state index contributed by atoms with van der Waals surface area (Å²) in [5, 5.41) is 8.45. The molecule has 0 unspecified atom stereocenters. The molecule has 0 saturated heterocycles. The van der Waals surface area contributed by atoms with E-state index in [0.717, 1.165) is 38.5 Å². The van der Waals surface area contributed by atoms with Crippen molar-refractivity contribution in [3.8, 4) is 11.1 Å². The number of amides is 1. The van der Waals surface area contributed by atoms with Crippen molar-refractivity contribution in [2.45, 2.75) is 44.9 Å². The summed E-state index contributed by atoms with van der Waals surface area (Å²) >= 11 is 0. The summed E-state index contributed by atoms with van der Waals surface area (Å²) in [4.78, 5) is 10.9. The second-order valence-corrected chi connectivity index (χ2v) is 6.24. The van der Waals surface area contributed by atoms with Gasteiger partial charge in [0.2, 0.25) is 5.91 Å². The summed E-state index contributed by atoms with van der Waals surface area (Å²) in [7, 11) is 0. The highest BCUT2D eigenvalue weighted by atomic mass is 16.5. The summed E-state index contributed by atoms with van der Waals surface area (Å²) in [6.07, 6.45) is 6.61. The van der Waals surface area contributed by atoms with Gasteiger partial charge in [0.05, 0.1) is 0 Å². The molecule has 3 rings (SSSR count). The molecule has 2 N–H and O–H groups in total. The fourth-order valence-electron chi connectivity index (χ4n) is 3.39. The van der Waals surface area contributed by atoms with Gasteiger partial charge < -0.3 is 0 Å². The first-order valence-corrected chi connectivity index (χ1v) is 8.41. The number of benzene rings is 2. The molecule has 0 heterocycles. The predicted molar refractivity (Wildman–Crippen MR) is 91.4 cm³/mol. The van der Waals surface area contributed by atoms with Gasteiger partial charge in [-0.3, -0.25) is 10.0 Å². The van der Waals surface area contributed by atoms with Crippen LogP contribution in [-0.4, -0.2) is 11.1 Å². The van der Waals surface area contributed by atoms with E-state index in [0.29, 0.717) is 6.42 Å². The molecule has 3 nitrogen and oxygen atoms in total. The van der Waals surface area contributed by atoms with Crippen LogP contribution < -0.4 is 5.48 Å². The zero-order valence-electron chi connectivity index (χ0n) is 13.3. The van der Waals surface area contributed by atoms with Gasteiger partial charge in [0.15, 0.2) is 0 Å². The van der Waals surface area contributed by atoms with Crippen molar-refractivity contribution in [3.63, 3.8) is 0 Å². The number of carbonyl (C=O) groups is 1. The number of hydrogen-bond acceptors (Lipinski definition) is 2. The first kappa shape index (κ1) is 15.8. The van der Waals surface area contributed by atoms with Gasteiger partial charge in [-0.15, -0.1) is 0 Å². The molecule has 3 heteroatoms. The Kier molecular flexibility index (Phi) is 5.09. The van der Waals surface area contributed by atoms with Crippen LogP contribution in [-0.2, 0) is 24.1 Å². The van der Waals surface area contributed by atoms with Gasteiger partial charge in [0.1, 0.15) is 0 Å². The maximum atomic E-state index is 10.9. The van der Waals surface area contributed by atoms with Crippen LogP contribution in [0.5, 0.6) is 0 Å². The topological polar surface area (TPSA) is 49.3 Å². The lowest BCUT2D eigenvalue weighted by Gasteiger charge is -2.20. The highest BCUT2D eigenvalue weighted by Gasteiger charge is 2.15. The van der Waals surface area contributed by atoms with Gasteiger partial charge in [-0.25, -0.2) is 5.48 Å². The number of fused-ring (bicyclic) bond motifs is 3. The summed E-state index contributed by atoms with van der Waals surface area (Å²) in [6.45, 7) is 0. The lowest BCUT2D eigenvalue weighted by atomic mass is 9.84. The van der Waals surface area contributed by atoms with Crippen molar-refractivity contribution < 1.29 is 10.0 Å². The molecule has 0 saturated carbocycles. The Morgan fingerprint density at radius 3 is 2.61 bits per heavy atom. The van der Waals surface area contributed by atoms with Gasteiger partial charge in [-0.2, -0.15) is 0 Å². The standard InChI is InChI=1S/C20H23NO2/c22-20(21-23)9-3-1-2-6-15-10-13-19-17(14-15)12-11-16-7-4-5-8-18(16)19/h4-5,7-8,10,13-14,23H,1-3,6,9,11-12H2,(H,21,22). The van der Waals surface area contributed by atoms with E-state index in [4.69, 9.17) is 5.21 Å². The van der Waals surface area contributed by atoms with Crippen molar-refractivity contribution in [1.29, 1.82) is 0 Å². The van der Waals surface area contributed by atoms with Gasteiger partial charge in [0.25, 0.3) is 0 Å². The molecule has 1 aliphatic carbocycles. The molecule has 0 aliphatic heterocycles. The molecule has 0 atom stereocenters. The highest BCUT2D eigenvalue weighted by molar-refractivity contribution is 5.74. The van der Waals surface area contributed by atoms with Gasteiger partial charge >= 0.3 is 0 Å². The number of nitrogens with one attached hydrogen (secondary N) is 1. The van der Waals surface area contributed by atoms with Crippen molar-refractivity contribution >= 4 is 5.91 Å². The number of rotatable bonds is 6. The first-order valence-electron chi connectivity index (χ1n) is 8.41. The Morgan fingerprint density at radius 1 is 0.957 bits per heavy atom. The third-order valence-corrected chi connectivity index (χ3v) is 4.63. The van der Waals surface area contributed by atoms with Gasteiger partial charge in [0, 0.05) is 6.42 Å². The molecule has 2 aromatic carbocycles. The maximum Gasteiger partial charge on any atom is 0.243 e. The molecule has 0 spiro atoms.